The lowest BCUT2D eigenvalue weighted by Crippen LogP contribution is -2.11. The standard InChI is InChI=1S/C24H19F2NO3/c1-2-29-24(28)23-11-17-10-21(30-15-16-6-4-3-5-7-16)8-9-22(17)27(23)20-13-18(25)12-19(26)14-20/h3-14H,2,15H2,1H3. The summed E-state index contributed by atoms with van der Waals surface area (Å²) in [6.07, 6.45) is 0. The summed E-state index contributed by atoms with van der Waals surface area (Å²) in [6.45, 7) is 2.28. The fraction of sp³-hybridized carbons (Fsp3) is 0.125. The quantitative estimate of drug-likeness (QED) is 0.387. The van der Waals surface area contributed by atoms with Crippen LogP contribution in [-0.4, -0.2) is 17.1 Å². The van der Waals surface area contributed by atoms with E-state index in [0.717, 1.165) is 11.6 Å². The molecule has 1 aromatic heterocycles. The molecule has 0 radical (unpaired) electrons. The zero-order chi connectivity index (χ0) is 21.1. The predicted molar refractivity (Wildman–Crippen MR) is 110 cm³/mol. The molecule has 4 aromatic rings. The Kier molecular flexibility index (Phi) is 5.48. The predicted octanol–water partition coefficient (Wildman–Crippen LogP) is 5.66. The van der Waals surface area contributed by atoms with Gasteiger partial charge in [0.25, 0.3) is 0 Å². The average Bonchev–Trinajstić information content (AvgIpc) is 3.11. The maximum Gasteiger partial charge on any atom is 0.355 e. The van der Waals surface area contributed by atoms with E-state index >= 15 is 0 Å². The van der Waals surface area contributed by atoms with E-state index in [1.54, 1.807) is 31.2 Å². The molecule has 0 spiro atoms. The summed E-state index contributed by atoms with van der Waals surface area (Å²) in [5, 5.41) is 0.688. The molecule has 0 atom stereocenters. The maximum atomic E-state index is 13.8. The highest BCUT2D eigenvalue weighted by Gasteiger charge is 2.19. The third-order valence-electron chi connectivity index (χ3n) is 4.61. The highest BCUT2D eigenvalue weighted by atomic mass is 19.1. The van der Waals surface area contributed by atoms with Gasteiger partial charge in [-0.05, 0) is 48.9 Å². The summed E-state index contributed by atoms with van der Waals surface area (Å²) in [5.41, 5.74) is 2.01. The van der Waals surface area contributed by atoms with Gasteiger partial charge in [0.15, 0.2) is 0 Å². The fourth-order valence-electron chi connectivity index (χ4n) is 3.33. The third-order valence-corrected chi connectivity index (χ3v) is 4.61. The summed E-state index contributed by atoms with van der Waals surface area (Å²) >= 11 is 0. The normalized spacial score (nSPS) is 10.9. The van der Waals surface area contributed by atoms with Gasteiger partial charge in [-0.25, -0.2) is 13.6 Å². The van der Waals surface area contributed by atoms with Gasteiger partial charge < -0.3 is 14.0 Å². The van der Waals surface area contributed by atoms with Gasteiger partial charge in [0.1, 0.15) is 29.7 Å². The second-order valence-electron chi connectivity index (χ2n) is 6.71. The Hall–Kier alpha value is -3.67. The molecular weight excluding hydrogens is 388 g/mol. The number of ether oxygens (including phenoxy) is 2. The Labute approximate surface area is 172 Å². The largest absolute Gasteiger partial charge is 0.489 e. The molecule has 0 amide bonds. The molecule has 0 aliphatic carbocycles. The van der Waals surface area contributed by atoms with Crippen LogP contribution < -0.4 is 4.74 Å². The molecule has 0 aliphatic heterocycles. The highest BCUT2D eigenvalue weighted by molar-refractivity contribution is 5.97. The van der Waals surface area contributed by atoms with E-state index in [0.29, 0.717) is 23.3 Å². The molecular formula is C24H19F2NO3. The van der Waals surface area contributed by atoms with Gasteiger partial charge in [-0.15, -0.1) is 0 Å². The van der Waals surface area contributed by atoms with Crippen LogP contribution in [0.1, 0.15) is 23.0 Å². The molecule has 1 heterocycles. The van der Waals surface area contributed by atoms with E-state index in [9.17, 15) is 13.6 Å². The van der Waals surface area contributed by atoms with Crippen molar-refractivity contribution in [2.24, 2.45) is 0 Å². The van der Waals surface area contributed by atoms with Crippen molar-refractivity contribution in [1.29, 1.82) is 0 Å². The molecule has 152 valence electrons. The Balaban J connectivity index is 1.76. The average molecular weight is 407 g/mol. The van der Waals surface area contributed by atoms with Gasteiger partial charge in [-0.1, -0.05) is 30.3 Å². The summed E-state index contributed by atoms with van der Waals surface area (Å²) in [7, 11) is 0. The molecule has 0 aliphatic rings. The molecule has 6 heteroatoms. The molecule has 0 saturated carbocycles. The molecule has 0 N–H and O–H groups in total. The molecule has 4 rings (SSSR count). The first kappa shape index (κ1) is 19.6. The van der Waals surface area contributed by atoms with Gasteiger partial charge in [0, 0.05) is 11.5 Å². The van der Waals surface area contributed by atoms with Crippen molar-refractivity contribution in [1.82, 2.24) is 4.57 Å². The number of benzene rings is 3. The number of aromatic nitrogens is 1. The van der Waals surface area contributed by atoms with Crippen molar-refractivity contribution < 1.29 is 23.0 Å². The second-order valence-corrected chi connectivity index (χ2v) is 6.71. The lowest BCUT2D eigenvalue weighted by atomic mass is 10.2. The van der Waals surface area contributed by atoms with E-state index in [-0.39, 0.29) is 18.0 Å². The van der Waals surface area contributed by atoms with Crippen LogP contribution in [0.4, 0.5) is 8.78 Å². The number of carbonyl (C=O) groups excluding carboxylic acids is 1. The van der Waals surface area contributed by atoms with Crippen molar-refractivity contribution in [3.05, 3.63) is 95.7 Å². The second kappa shape index (κ2) is 8.37. The molecule has 0 fully saturated rings. The first-order valence-electron chi connectivity index (χ1n) is 9.51. The first-order chi connectivity index (χ1) is 14.5. The van der Waals surface area contributed by atoms with E-state index in [1.165, 1.54) is 16.7 Å². The summed E-state index contributed by atoms with van der Waals surface area (Å²) in [5.74, 6) is -1.43. The fourth-order valence-corrected chi connectivity index (χ4v) is 3.33. The van der Waals surface area contributed by atoms with Crippen LogP contribution in [0.2, 0.25) is 0 Å². The van der Waals surface area contributed by atoms with E-state index in [2.05, 4.69) is 0 Å². The van der Waals surface area contributed by atoms with E-state index in [1.807, 2.05) is 30.3 Å². The van der Waals surface area contributed by atoms with Crippen molar-refractivity contribution in [3.63, 3.8) is 0 Å². The number of nitrogens with zero attached hydrogens (tertiary/aromatic N) is 1. The van der Waals surface area contributed by atoms with Gasteiger partial charge in [-0.3, -0.25) is 0 Å². The van der Waals surface area contributed by atoms with Gasteiger partial charge in [0.05, 0.1) is 17.8 Å². The number of esters is 1. The Morgan fingerprint density at radius 2 is 1.67 bits per heavy atom. The lowest BCUT2D eigenvalue weighted by Gasteiger charge is -2.11. The first-order valence-corrected chi connectivity index (χ1v) is 9.51. The number of rotatable bonds is 6. The zero-order valence-corrected chi connectivity index (χ0v) is 16.3. The molecule has 0 saturated heterocycles. The number of hydrogen-bond acceptors (Lipinski definition) is 3. The molecule has 0 unspecified atom stereocenters. The van der Waals surface area contributed by atoms with Crippen molar-refractivity contribution in [3.8, 4) is 11.4 Å². The lowest BCUT2D eigenvalue weighted by molar-refractivity contribution is 0.0517. The molecule has 4 nitrogen and oxygen atoms in total. The van der Waals surface area contributed by atoms with Gasteiger partial charge >= 0.3 is 5.97 Å². The maximum absolute atomic E-state index is 13.8. The van der Waals surface area contributed by atoms with Crippen LogP contribution in [0.15, 0.2) is 72.8 Å². The van der Waals surface area contributed by atoms with Crippen LogP contribution in [0.3, 0.4) is 0 Å². The van der Waals surface area contributed by atoms with Crippen LogP contribution in [0.25, 0.3) is 16.6 Å². The van der Waals surface area contributed by atoms with Crippen LogP contribution in [-0.2, 0) is 11.3 Å². The van der Waals surface area contributed by atoms with Crippen molar-refractivity contribution >= 4 is 16.9 Å². The summed E-state index contributed by atoms with van der Waals surface area (Å²) in [4.78, 5) is 12.5. The monoisotopic (exact) mass is 407 g/mol. The number of hydrogen-bond donors (Lipinski definition) is 0. The molecule has 0 bridgehead atoms. The van der Waals surface area contributed by atoms with Crippen molar-refractivity contribution in [2.75, 3.05) is 6.61 Å². The third kappa shape index (κ3) is 4.03. The number of fused-ring (bicyclic) bond motifs is 1. The van der Waals surface area contributed by atoms with Gasteiger partial charge in [-0.2, -0.15) is 0 Å². The molecule has 3 aromatic carbocycles. The highest BCUT2D eigenvalue weighted by Crippen LogP contribution is 2.29. The Morgan fingerprint density at radius 3 is 2.37 bits per heavy atom. The van der Waals surface area contributed by atoms with Crippen LogP contribution in [0.5, 0.6) is 5.75 Å². The number of halogens is 2. The van der Waals surface area contributed by atoms with E-state index in [4.69, 9.17) is 9.47 Å². The van der Waals surface area contributed by atoms with Gasteiger partial charge in [0.2, 0.25) is 0 Å². The Bertz CT molecular complexity index is 1180. The van der Waals surface area contributed by atoms with Crippen LogP contribution in [0, 0.1) is 11.6 Å². The topological polar surface area (TPSA) is 40.5 Å². The Morgan fingerprint density at radius 1 is 0.933 bits per heavy atom. The minimum absolute atomic E-state index is 0.178. The molecule has 30 heavy (non-hydrogen) atoms. The number of carbonyl (C=O) groups is 1. The smallest absolute Gasteiger partial charge is 0.355 e. The SMILES string of the molecule is CCOC(=O)c1cc2cc(OCc3ccccc3)ccc2n1-c1cc(F)cc(F)c1. The minimum atomic E-state index is -0.732. The van der Waals surface area contributed by atoms with Crippen molar-refractivity contribution in [2.45, 2.75) is 13.5 Å². The summed E-state index contributed by atoms with van der Waals surface area (Å²) < 4.78 is 40.2. The summed E-state index contributed by atoms with van der Waals surface area (Å²) in [6, 6.07) is 19.8. The zero-order valence-electron chi connectivity index (χ0n) is 16.3. The van der Waals surface area contributed by atoms with Crippen LogP contribution >= 0.6 is 0 Å². The van der Waals surface area contributed by atoms with E-state index < -0.39 is 17.6 Å². The minimum Gasteiger partial charge on any atom is -0.489 e.